The quantitative estimate of drug-likeness (QED) is 0.617. The van der Waals surface area contributed by atoms with Crippen molar-refractivity contribution in [2.24, 2.45) is 0 Å². The Bertz CT molecular complexity index is 575. The predicted molar refractivity (Wildman–Crippen MR) is 82.9 cm³/mol. The van der Waals surface area contributed by atoms with E-state index in [-0.39, 0.29) is 4.83 Å². The summed E-state index contributed by atoms with van der Waals surface area (Å²) in [5.41, 5.74) is 6.19. The van der Waals surface area contributed by atoms with Gasteiger partial charge in [0.15, 0.2) is 0 Å². The molecule has 0 nitrogen and oxygen atoms in total. The second-order valence-corrected chi connectivity index (χ2v) is 6.05. The maximum atomic E-state index is 6.19. The minimum Gasteiger partial charge on any atom is -0.0840 e. The molecule has 0 amide bonds. The van der Waals surface area contributed by atoms with Gasteiger partial charge in [-0.1, -0.05) is 63.4 Å². The van der Waals surface area contributed by atoms with Gasteiger partial charge in [-0.25, -0.2) is 0 Å². The van der Waals surface area contributed by atoms with Gasteiger partial charge in [0.25, 0.3) is 0 Å². The molecule has 0 N–H and O–H groups in total. The van der Waals surface area contributed by atoms with Crippen molar-refractivity contribution in [1.29, 1.82) is 0 Å². The summed E-state index contributed by atoms with van der Waals surface area (Å²) in [6.45, 7) is 6.28. The SMILES string of the molecule is Cc1ccc(C(Br)c2ccc(C)c(Cl)c2)c(C)c1. The van der Waals surface area contributed by atoms with Gasteiger partial charge in [0.05, 0.1) is 4.83 Å². The molecule has 1 unspecified atom stereocenters. The van der Waals surface area contributed by atoms with Crippen molar-refractivity contribution in [1.82, 2.24) is 0 Å². The average Bonchev–Trinajstić information content (AvgIpc) is 2.32. The number of hydrogen-bond donors (Lipinski definition) is 0. The van der Waals surface area contributed by atoms with Gasteiger partial charge in [-0.05, 0) is 49.1 Å². The number of benzene rings is 2. The van der Waals surface area contributed by atoms with Crippen LogP contribution in [0.15, 0.2) is 36.4 Å². The summed E-state index contributed by atoms with van der Waals surface area (Å²) in [7, 11) is 0. The van der Waals surface area contributed by atoms with Crippen molar-refractivity contribution in [2.75, 3.05) is 0 Å². The maximum Gasteiger partial charge on any atom is 0.0647 e. The summed E-state index contributed by atoms with van der Waals surface area (Å²) in [4.78, 5) is 0.191. The van der Waals surface area contributed by atoms with Crippen LogP contribution in [0.25, 0.3) is 0 Å². The third-order valence-corrected chi connectivity index (χ3v) is 4.62. The van der Waals surface area contributed by atoms with E-state index in [1.54, 1.807) is 0 Å². The van der Waals surface area contributed by atoms with E-state index in [1.165, 1.54) is 22.3 Å². The van der Waals surface area contributed by atoms with Crippen LogP contribution in [0, 0.1) is 20.8 Å². The lowest BCUT2D eigenvalue weighted by molar-refractivity contribution is 1.13. The smallest absolute Gasteiger partial charge is 0.0647 e. The maximum absolute atomic E-state index is 6.19. The highest BCUT2D eigenvalue weighted by atomic mass is 79.9. The zero-order valence-corrected chi connectivity index (χ0v) is 13.1. The van der Waals surface area contributed by atoms with Gasteiger partial charge in [0.1, 0.15) is 0 Å². The summed E-state index contributed by atoms with van der Waals surface area (Å²) in [6, 6.07) is 12.8. The summed E-state index contributed by atoms with van der Waals surface area (Å²) < 4.78 is 0. The van der Waals surface area contributed by atoms with Crippen molar-refractivity contribution in [3.05, 3.63) is 69.2 Å². The van der Waals surface area contributed by atoms with Gasteiger partial charge < -0.3 is 0 Å². The highest BCUT2D eigenvalue weighted by Crippen LogP contribution is 2.34. The third kappa shape index (κ3) is 2.78. The van der Waals surface area contributed by atoms with E-state index in [0.29, 0.717) is 0 Å². The zero-order valence-electron chi connectivity index (χ0n) is 10.8. The number of hydrogen-bond acceptors (Lipinski definition) is 0. The fourth-order valence-electron chi connectivity index (χ4n) is 2.06. The molecule has 0 bridgehead atoms. The molecule has 0 aromatic heterocycles. The van der Waals surface area contributed by atoms with Crippen LogP contribution in [0.2, 0.25) is 5.02 Å². The Balaban J connectivity index is 2.41. The van der Waals surface area contributed by atoms with Crippen molar-refractivity contribution in [3.8, 4) is 0 Å². The molecule has 0 heterocycles. The van der Waals surface area contributed by atoms with Crippen LogP contribution in [0.5, 0.6) is 0 Å². The first-order valence-corrected chi connectivity index (χ1v) is 7.25. The molecule has 0 fully saturated rings. The van der Waals surface area contributed by atoms with E-state index < -0.39 is 0 Å². The zero-order chi connectivity index (χ0) is 13.3. The lowest BCUT2D eigenvalue weighted by Gasteiger charge is -2.15. The Labute approximate surface area is 122 Å². The van der Waals surface area contributed by atoms with Crippen LogP contribution in [-0.4, -0.2) is 0 Å². The molecule has 0 aliphatic carbocycles. The van der Waals surface area contributed by atoms with Crippen LogP contribution in [-0.2, 0) is 0 Å². The Morgan fingerprint density at radius 3 is 2.28 bits per heavy atom. The number of rotatable bonds is 2. The molecule has 0 saturated carbocycles. The first-order chi connectivity index (χ1) is 8.49. The highest BCUT2D eigenvalue weighted by molar-refractivity contribution is 9.09. The molecular weight excluding hydrogens is 308 g/mol. The second-order valence-electron chi connectivity index (χ2n) is 4.73. The molecule has 0 aliphatic heterocycles. The molecule has 2 heteroatoms. The van der Waals surface area contributed by atoms with Gasteiger partial charge in [0.2, 0.25) is 0 Å². The molecule has 2 aromatic rings. The van der Waals surface area contributed by atoms with Crippen molar-refractivity contribution < 1.29 is 0 Å². The van der Waals surface area contributed by atoms with E-state index in [2.05, 4.69) is 60.1 Å². The topological polar surface area (TPSA) is 0 Å². The summed E-state index contributed by atoms with van der Waals surface area (Å²) in [5, 5.41) is 0.821. The van der Waals surface area contributed by atoms with Crippen molar-refractivity contribution >= 4 is 27.5 Å². The Kier molecular flexibility index (Phi) is 4.14. The van der Waals surface area contributed by atoms with Crippen molar-refractivity contribution in [3.63, 3.8) is 0 Å². The molecule has 2 rings (SSSR count). The van der Waals surface area contributed by atoms with E-state index >= 15 is 0 Å². The summed E-state index contributed by atoms with van der Waals surface area (Å²) in [6.07, 6.45) is 0. The van der Waals surface area contributed by atoms with Crippen molar-refractivity contribution in [2.45, 2.75) is 25.6 Å². The van der Waals surface area contributed by atoms with Crippen LogP contribution >= 0.6 is 27.5 Å². The predicted octanol–water partition coefficient (Wildman–Crippen LogP) is 5.75. The normalized spacial score (nSPS) is 12.5. The molecular formula is C16H16BrCl. The van der Waals surface area contributed by atoms with Gasteiger partial charge in [-0.15, -0.1) is 0 Å². The van der Waals surface area contributed by atoms with E-state index in [4.69, 9.17) is 11.6 Å². The largest absolute Gasteiger partial charge is 0.0840 e. The van der Waals surface area contributed by atoms with E-state index in [9.17, 15) is 0 Å². The van der Waals surface area contributed by atoms with E-state index in [1.807, 2.05) is 13.0 Å². The summed E-state index contributed by atoms with van der Waals surface area (Å²) in [5.74, 6) is 0. The number of alkyl halides is 1. The fraction of sp³-hybridized carbons (Fsp3) is 0.250. The molecule has 2 aromatic carbocycles. The third-order valence-electron chi connectivity index (χ3n) is 3.19. The Morgan fingerprint density at radius 2 is 1.67 bits per heavy atom. The first-order valence-electron chi connectivity index (χ1n) is 5.96. The Morgan fingerprint density at radius 1 is 0.944 bits per heavy atom. The highest BCUT2D eigenvalue weighted by Gasteiger charge is 2.13. The van der Waals surface area contributed by atoms with Crippen LogP contribution in [0.1, 0.15) is 32.6 Å². The summed E-state index contributed by atoms with van der Waals surface area (Å²) >= 11 is 9.96. The van der Waals surface area contributed by atoms with Gasteiger partial charge in [-0.3, -0.25) is 0 Å². The van der Waals surface area contributed by atoms with Crippen LogP contribution in [0.4, 0.5) is 0 Å². The van der Waals surface area contributed by atoms with Gasteiger partial charge in [-0.2, -0.15) is 0 Å². The van der Waals surface area contributed by atoms with Crippen LogP contribution in [0.3, 0.4) is 0 Å². The van der Waals surface area contributed by atoms with Crippen LogP contribution < -0.4 is 0 Å². The molecule has 94 valence electrons. The minimum atomic E-state index is 0.191. The molecule has 18 heavy (non-hydrogen) atoms. The molecule has 0 saturated heterocycles. The van der Waals surface area contributed by atoms with Gasteiger partial charge in [0, 0.05) is 5.02 Å². The standard InChI is InChI=1S/C16H16BrCl/c1-10-4-7-14(12(3)8-10)16(17)13-6-5-11(2)15(18)9-13/h4-9,16H,1-3H3. The minimum absolute atomic E-state index is 0.191. The molecule has 0 aliphatic rings. The molecule has 0 radical (unpaired) electrons. The lowest BCUT2D eigenvalue weighted by Crippen LogP contribution is -1.96. The Hall–Kier alpha value is -0.790. The van der Waals surface area contributed by atoms with Gasteiger partial charge >= 0.3 is 0 Å². The lowest BCUT2D eigenvalue weighted by atomic mass is 9.98. The number of aryl methyl sites for hydroxylation is 3. The number of halogens is 2. The monoisotopic (exact) mass is 322 g/mol. The molecule has 0 spiro atoms. The van der Waals surface area contributed by atoms with E-state index in [0.717, 1.165) is 10.6 Å². The molecule has 1 atom stereocenters. The fourth-order valence-corrected chi connectivity index (χ4v) is 3.04. The average molecular weight is 324 g/mol. The second kappa shape index (κ2) is 5.46. The first kappa shape index (κ1) is 13.6.